The molecular weight excluding hydrogens is 154 g/mol. The van der Waals surface area contributed by atoms with E-state index in [1.807, 2.05) is 0 Å². The van der Waals surface area contributed by atoms with Gasteiger partial charge < -0.3 is 4.74 Å². The Morgan fingerprint density at radius 1 is 1.60 bits per heavy atom. The van der Waals surface area contributed by atoms with Crippen molar-refractivity contribution >= 4 is 11.6 Å². The molecule has 0 atom stereocenters. The first kappa shape index (κ1) is 7.15. The molecule has 0 unspecified atom stereocenters. The number of methoxy groups -OCH3 is 1. The second-order valence-electron chi connectivity index (χ2n) is 1.70. The van der Waals surface area contributed by atoms with E-state index in [2.05, 4.69) is 4.98 Å². The van der Waals surface area contributed by atoms with Crippen LogP contribution in [0.25, 0.3) is 0 Å². The van der Waals surface area contributed by atoms with E-state index in [0.717, 1.165) is 0 Å². The second kappa shape index (κ2) is 2.75. The van der Waals surface area contributed by atoms with Gasteiger partial charge in [0.25, 0.3) is 5.56 Å². The van der Waals surface area contributed by atoms with Crippen molar-refractivity contribution < 1.29 is 4.74 Å². The van der Waals surface area contributed by atoms with Crippen LogP contribution < -0.4 is 10.3 Å². The SMILES string of the molecule is COc1ccc(Cl)c(=O)[nH]1. The number of aromatic nitrogens is 1. The normalized spacial score (nSPS) is 9.40. The van der Waals surface area contributed by atoms with Crippen molar-refractivity contribution in [2.24, 2.45) is 0 Å². The molecule has 54 valence electrons. The average molecular weight is 160 g/mol. The molecule has 0 aromatic carbocycles. The minimum atomic E-state index is -0.332. The third kappa shape index (κ3) is 1.30. The summed E-state index contributed by atoms with van der Waals surface area (Å²) in [6.45, 7) is 0. The number of halogens is 1. The molecule has 0 aliphatic heterocycles. The number of hydrogen-bond acceptors (Lipinski definition) is 2. The van der Waals surface area contributed by atoms with Crippen molar-refractivity contribution in [3.05, 3.63) is 27.5 Å². The summed E-state index contributed by atoms with van der Waals surface area (Å²) in [6.07, 6.45) is 0. The van der Waals surface area contributed by atoms with Crippen LogP contribution in [0.5, 0.6) is 5.88 Å². The molecule has 1 rings (SSSR count). The van der Waals surface area contributed by atoms with Crippen molar-refractivity contribution in [2.75, 3.05) is 7.11 Å². The van der Waals surface area contributed by atoms with Crippen molar-refractivity contribution in [2.45, 2.75) is 0 Å². The zero-order valence-electron chi connectivity index (χ0n) is 5.35. The fourth-order valence-electron chi connectivity index (χ4n) is 0.557. The van der Waals surface area contributed by atoms with Crippen LogP contribution in [0.3, 0.4) is 0 Å². The summed E-state index contributed by atoms with van der Waals surface area (Å²) in [7, 11) is 1.47. The van der Waals surface area contributed by atoms with Gasteiger partial charge in [0.05, 0.1) is 7.11 Å². The van der Waals surface area contributed by atoms with Gasteiger partial charge in [0.2, 0.25) is 0 Å². The van der Waals surface area contributed by atoms with Gasteiger partial charge in [-0.15, -0.1) is 0 Å². The summed E-state index contributed by atoms with van der Waals surface area (Å²) >= 11 is 5.44. The summed E-state index contributed by atoms with van der Waals surface area (Å²) in [6, 6.07) is 3.07. The Hall–Kier alpha value is -0.960. The Morgan fingerprint density at radius 3 is 2.80 bits per heavy atom. The second-order valence-corrected chi connectivity index (χ2v) is 2.11. The molecule has 0 aliphatic rings. The lowest BCUT2D eigenvalue weighted by Gasteiger charge is -1.96. The van der Waals surface area contributed by atoms with Crippen molar-refractivity contribution in [3.8, 4) is 5.88 Å². The van der Waals surface area contributed by atoms with E-state index in [-0.39, 0.29) is 10.6 Å². The molecule has 0 fully saturated rings. The summed E-state index contributed by atoms with van der Waals surface area (Å²) in [5, 5.41) is 0.167. The maximum atomic E-state index is 10.7. The van der Waals surface area contributed by atoms with E-state index in [1.54, 1.807) is 6.07 Å². The zero-order valence-corrected chi connectivity index (χ0v) is 6.11. The van der Waals surface area contributed by atoms with Gasteiger partial charge in [-0.3, -0.25) is 9.78 Å². The van der Waals surface area contributed by atoms with Gasteiger partial charge in [-0.05, 0) is 12.1 Å². The van der Waals surface area contributed by atoms with E-state index < -0.39 is 0 Å². The number of aromatic amines is 1. The van der Waals surface area contributed by atoms with Crippen LogP contribution in [0.4, 0.5) is 0 Å². The first-order valence-corrected chi connectivity index (χ1v) is 3.04. The topological polar surface area (TPSA) is 42.1 Å². The third-order valence-electron chi connectivity index (χ3n) is 1.05. The smallest absolute Gasteiger partial charge is 0.269 e. The molecular formula is C6H6ClNO2. The van der Waals surface area contributed by atoms with Gasteiger partial charge in [-0.25, -0.2) is 0 Å². The Balaban J connectivity index is 3.17. The molecule has 0 aliphatic carbocycles. The lowest BCUT2D eigenvalue weighted by Crippen LogP contribution is -2.06. The number of pyridine rings is 1. The highest BCUT2D eigenvalue weighted by Crippen LogP contribution is 2.05. The average Bonchev–Trinajstić information content (AvgIpc) is 1.95. The quantitative estimate of drug-likeness (QED) is 0.665. The monoisotopic (exact) mass is 159 g/mol. The van der Waals surface area contributed by atoms with Crippen LogP contribution in [0.1, 0.15) is 0 Å². The van der Waals surface area contributed by atoms with Crippen LogP contribution in [0.15, 0.2) is 16.9 Å². The van der Waals surface area contributed by atoms with Crippen molar-refractivity contribution in [1.29, 1.82) is 0 Å². The maximum Gasteiger partial charge on any atom is 0.269 e. The first-order chi connectivity index (χ1) is 4.74. The number of H-pyrrole nitrogens is 1. The Labute approximate surface area is 62.6 Å². The molecule has 0 saturated heterocycles. The molecule has 0 amide bonds. The predicted octanol–water partition coefficient (Wildman–Crippen LogP) is 1.04. The van der Waals surface area contributed by atoms with Gasteiger partial charge >= 0.3 is 0 Å². The number of rotatable bonds is 1. The van der Waals surface area contributed by atoms with E-state index in [0.29, 0.717) is 5.88 Å². The van der Waals surface area contributed by atoms with Crippen LogP contribution in [-0.4, -0.2) is 12.1 Å². The van der Waals surface area contributed by atoms with Crippen LogP contribution >= 0.6 is 11.6 Å². The fraction of sp³-hybridized carbons (Fsp3) is 0.167. The minimum Gasteiger partial charge on any atom is -0.482 e. The summed E-state index contributed by atoms with van der Waals surface area (Å²) in [5.74, 6) is 0.411. The van der Waals surface area contributed by atoms with Gasteiger partial charge in [-0.1, -0.05) is 11.6 Å². The van der Waals surface area contributed by atoms with Gasteiger partial charge in [-0.2, -0.15) is 0 Å². The standard InChI is InChI=1S/C6H6ClNO2/c1-10-5-3-2-4(7)6(9)8-5/h2-3H,1H3,(H,8,9). The largest absolute Gasteiger partial charge is 0.482 e. The third-order valence-corrected chi connectivity index (χ3v) is 1.35. The molecule has 0 spiro atoms. The highest BCUT2D eigenvalue weighted by molar-refractivity contribution is 6.30. The van der Waals surface area contributed by atoms with E-state index in [4.69, 9.17) is 16.3 Å². The number of nitrogens with one attached hydrogen (secondary N) is 1. The summed E-state index contributed by atoms with van der Waals surface area (Å²) in [5.41, 5.74) is -0.332. The van der Waals surface area contributed by atoms with Crippen molar-refractivity contribution in [1.82, 2.24) is 4.98 Å². The van der Waals surface area contributed by atoms with Gasteiger partial charge in [0.15, 0.2) is 5.88 Å². The summed E-state index contributed by atoms with van der Waals surface area (Å²) < 4.78 is 4.74. The minimum absolute atomic E-state index is 0.167. The van der Waals surface area contributed by atoms with Crippen LogP contribution in [-0.2, 0) is 0 Å². The zero-order chi connectivity index (χ0) is 7.56. The lowest BCUT2D eigenvalue weighted by molar-refractivity contribution is 0.396. The Kier molecular flexibility index (Phi) is 1.97. The van der Waals surface area contributed by atoms with E-state index in [1.165, 1.54) is 13.2 Å². The molecule has 1 N–H and O–H groups in total. The first-order valence-electron chi connectivity index (χ1n) is 2.67. The number of hydrogen-bond donors (Lipinski definition) is 1. The maximum absolute atomic E-state index is 10.7. The molecule has 4 heteroatoms. The molecule has 1 heterocycles. The van der Waals surface area contributed by atoms with Gasteiger partial charge in [0.1, 0.15) is 5.02 Å². The van der Waals surface area contributed by atoms with Crippen LogP contribution in [0, 0.1) is 0 Å². The Morgan fingerprint density at radius 2 is 2.30 bits per heavy atom. The Bertz CT molecular complexity index is 281. The summed E-state index contributed by atoms with van der Waals surface area (Å²) in [4.78, 5) is 13.1. The highest BCUT2D eigenvalue weighted by atomic mass is 35.5. The van der Waals surface area contributed by atoms with E-state index in [9.17, 15) is 4.79 Å². The lowest BCUT2D eigenvalue weighted by atomic mass is 10.5. The highest BCUT2D eigenvalue weighted by Gasteiger charge is 1.95. The van der Waals surface area contributed by atoms with Crippen LogP contribution in [0.2, 0.25) is 5.02 Å². The fourth-order valence-corrected chi connectivity index (χ4v) is 0.667. The molecule has 1 aromatic heterocycles. The van der Waals surface area contributed by atoms with E-state index >= 15 is 0 Å². The molecule has 0 saturated carbocycles. The molecule has 3 nitrogen and oxygen atoms in total. The van der Waals surface area contributed by atoms with Crippen molar-refractivity contribution in [3.63, 3.8) is 0 Å². The molecule has 10 heavy (non-hydrogen) atoms. The van der Waals surface area contributed by atoms with Gasteiger partial charge in [0, 0.05) is 0 Å². The number of ether oxygens (including phenoxy) is 1. The molecule has 1 aromatic rings. The molecule has 0 radical (unpaired) electrons. The molecule has 0 bridgehead atoms. The predicted molar refractivity (Wildman–Crippen MR) is 38.6 cm³/mol.